The lowest BCUT2D eigenvalue weighted by Gasteiger charge is -2.37. The number of piperazine rings is 1. The third-order valence-corrected chi connectivity index (χ3v) is 2.92. The average Bonchev–Trinajstić information content (AvgIpc) is 2.27. The maximum atomic E-state index is 12.1. The number of amides is 1. The van der Waals surface area contributed by atoms with E-state index < -0.39 is 5.60 Å². The molecule has 1 unspecified atom stereocenters. The summed E-state index contributed by atoms with van der Waals surface area (Å²) in [5, 5.41) is 12.1. The van der Waals surface area contributed by atoms with E-state index in [1.807, 2.05) is 25.7 Å². The van der Waals surface area contributed by atoms with Gasteiger partial charge in [-0.25, -0.2) is 4.79 Å². The molecule has 5 nitrogen and oxygen atoms in total. The van der Waals surface area contributed by atoms with Crippen molar-refractivity contribution in [2.24, 2.45) is 0 Å². The van der Waals surface area contributed by atoms with Gasteiger partial charge in [-0.2, -0.15) is 0 Å². The van der Waals surface area contributed by atoms with E-state index in [2.05, 4.69) is 5.32 Å². The van der Waals surface area contributed by atoms with Crippen LogP contribution in [-0.2, 0) is 4.74 Å². The SMILES string of the molecule is CC(C)(C)OC(=O)N1CCNCC1CCCCO. The lowest BCUT2D eigenvalue weighted by Crippen LogP contribution is -2.54. The number of hydrogen-bond donors (Lipinski definition) is 2. The van der Waals surface area contributed by atoms with E-state index in [0.717, 1.165) is 32.4 Å². The highest BCUT2D eigenvalue weighted by atomic mass is 16.6. The summed E-state index contributed by atoms with van der Waals surface area (Å²) in [6, 6.07) is 0.181. The number of unbranched alkanes of at least 4 members (excludes halogenated alkanes) is 1. The van der Waals surface area contributed by atoms with E-state index in [0.29, 0.717) is 6.54 Å². The van der Waals surface area contributed by atoms with Crippen LogP contribution in [-0.4, -0.2) is 54.0 Å². The Morgan fingerprint density at radius 3 is 2.78 bits per heavy atom. The van der Waals surface area contributed by atoms with Crippen LogP contribution in [0.1, 0.15) is 40.0 Å². The number of hydrogen-bond acceptors (Lipinski definition) is 4. The Hall–Kier alpha value is -0.810. The summed E-state index contributed by atoms with van der Waals surface area (Å²) in [6.07, 6.45) is 2.41. The van der Waals surface area contributed by atoms with Gasteiger partial charge in [-0.1, -0.05) is 0 Å². The smallest absolute Gasteiger partial charge is 0.410 e. The molecule has 0 bridgehead atoms. The average molecular weight is 258 g/mol. The van der Waals surface area contributed by atoms with Gasteiger partial charge in [0, 0.05) is 32.3 Å². The Bertz CT molecular complexity index is 263. The van der Waals surface area contributed by atoms with Gasteiger partial charge >= 0.3 is 6.09 Å². The minimum atomic E-state index is -0.447. The molecule has 1 aliphatic rings. The molecule has 0 aromatic rings. The fourth-order valence-corrected chi connectivity index (χ4v) is 2.07. The number of carbonyl (C=O) groups is 1. The minimum Gasteiger partial charge on any atom is -0.444 e. The molecule has 1 heterocycles. The highest BCUT2D eigenvalue weighted by molar-refractivity contribution is 5.68. The summed E-state index contributed by atoms with van der Waals surface area (Å²) in [5.41, 5.74) is -0.447. The first-order chi connectivity index (χ1) is 8.44. The van der Waals surface area contributed by atoms with Crippen molar-refractivity contribution in [3.8, 4) is 0 Å². The predicted octanol–water partition coefficient (Wildman–Crippen LogP) is 1.36. The van der Waals surface area contributed by atoms with Crippen molar-refractivity contribution in [3.63, 3.8) is 0 Å². The normalized spacial score (nSPS) is 20.9. The summed E-state index contributed by atoms with van der Waals surface area (Å²) in [5.74, 6) is 0. The van der Waals surface area contributed by atoms with Gasteiger partial charge in [-0.15, -0.1) is 0 Å². The lowest BCUT2D eigenvalue weighted by molar-refractivity contribution is 0.0108. The summed E-state index contributed by atoms with van der Waals surface area (Å²) in [6.45, 7) is 8.18. The van der Waals surface area contributed by atoms with Crippen LogP contribution >= 0.6 is 0 Å². The van der Waals surface area contributed by atoms with Crippen molar-refractivity contribution in [2.45, 2.75) is 51.7 Å². The Balaban J connectivity index is 2.50. The monoisotopic (exact) mass is 258 g/mol. The van der Waals surface area contributed by atoms with Crippen LogP contribution in [0.25, 0.3) is 0 Å². The summed E-state index contributed by atoms with van der Waals surface area (Å²) >= 11 is 0. The summed E-state index contributed by atoms with van der Waals surface area (Å²) < 4.78 is 5.42. The second-order valence-corrected chi connectivity index (χ2v) is 5.75. The van der Waals surface area contributed by atoms with E-state index >= 15 is 0 Å². The number of aliphatic hydroxyl groups excluding tert-OH is 1. The van der Waals surface area contributed by atoms with E-state index in [1.54, 1.807) is 0 Å². The van der Waals surface area contributed by atoms with E-state index in [4.69, 9.17) is 9.84 Å². The number of aliphatic hydroxyl groups is 1. The second kappa shape index (κ2) is 6.95. The molecule has 0 aromatic carbocycles. The largest absolute Gasteiger partial charge is 0.444 e. The van der Waals surface area contributed by atoms with Crippen LogP contribution in [0.2, 0.25) is 0 Å². The molecule has 1 aliphatic heterocycles. The number of nitrogens with one attached hydrogen (secondary N) is 1. The van der Waals surface area contributed by atoms with Crippen LogP contribution in [0, 0.1) is 0 Å². The van der Waals surface area contributed by atoms with E-state index in [1.165, 1.54) is 0 Å². The van der Waals surface area contributed by atoms with Crippen LogP contribution in [0.3, 0.4) is 0 Å². The third kappa shape index (κ3) is 5.23. The number of ether oxygens (including phenoxy) is 1. The summed E-state index contributed by atoms with van der Waals surface area (Å²) in [4.78, 5) is 13.9. The van der Waals surface area contributed by atoms with Gasteiger partial charge in [0.1, 0.15) is 5.60 Å². The zero-order chi connectivity index (χ0) is 13.6. The molecule has 0 saturated carbocycles. The molecular weight excluding hydrogens is 232 g/mol. The fourth-order valence-electron chi connectivity index (χ4n) is 2.07. The highest BCUT2D eigenvalue weighted by Gasteiger charge is 2.29. The number of rotatable bonds is 4. The molecule has 106 valence electrons. The van der Waals surface area contributed by atoms with Crippen LogP contribution in [0.5, 0.6) is 0 Å². The molecule has 1 rings (SSSR count). The molecule has 1 atom stereocenters. The Morgan fingerprint density at radius 2 is 2.17 bits per heavy atom. The zero-order valence-electron chi connectivity index (χ0n) is 11.7. The molecule has 2 N–H and O–H groups in total. The second-order valence-electron chi connectivity index (χ2n) is 5.75. The van der Waals surface area contributed by atoms with Crippen LogP contribution < -0.4 is 5.32 Å². The Labute approximate surface area is 109 Å². The van der Waals surface area contributed by atoms with E-state index in [9.17, 15) is 4.79 Å². The van der Waals surface area contributed by atoms with Crippen LogP contribution in [0.4, 0.5) is 4.79 Å². The van der Waals surface area contributed by atoms with Gasteiger partial charge in [0.05, 0.1) is 0 Å². The van der Waals surface area contributed by atoms with Crippen molar-refractivity contribution in [1.82, 2.24) is 10.2 Å². The molecule has 18 heavy (non-hydrogen) atoms. The molecule has 1 fully saturated rings. The van der Waals surface area contributed by atoms with Crippen molar-refractivity contribution >= 4 is 6.09 Å². The Kier molecular flexibility index (Phi) is 5.88. The van der Waals surface area contributed by atoms with Crippen molar-refractivity contribution in [1.29, 1.82) is 0 Å². The van der Waals surface area contributed by atoms with Gasteiger partial charge in [0.15, 0.2) is 0 Å². The maximum Gasteiger partial charge on any atom is 0.410 e. The molecule has 1 amide bonds. The molecule has 0 aliphatic carbocycles. The van der Waals surface area contributed by atoms with Gasteiger partial charge in [0.25, 0.3) is 0 Å². The number of nitrogens with zero attached hydrogens (tertiary/aromatic N) is 1. The maximum absolute atomic E-state index is 12.1. The van der Waals surface area contributed by atoms with Gasteiger partial charge in [-0.05, 0) is 40.0 Å². The van der Waals surface area contributed by atoms with Gasteiger partial charge in [0.2, 0.25) is 0 Å². The summed E-state index contributed by atoms with van der Waals surface area (Å²) in [7, 11) is 0. The molecule has 0 radical (unpaired) electrons. The Morgan fingerprint density at radius 1 is 1.44 bits per heavy atom. The molecule has 0 spiro atoms. The topological polar surface area (TPSA) is 61.8 Å². The first-order valence-electron chi connectivity index (χ1n) is 6.75. The first kappa shape index (κ1) is 15.2. The molecule has 5 heteroatoms. The zero-order valence-corrected chi connectivity index (χ0v) is 11.7. The van der Waals surface area contributed by atoms with Crippen molar-refractivity contribution in [3.05, 3.63) is 0 Å². The third-order valence-electron chi connectivity index (χ3n) is 2.92. The predicted molar refractivity (Wildman–Crippen MR) is 70.5 cm³/mol. The lowest BCUT2D eigenvalue weighted by atomic mass is 10.1. The molecule has 1 saturated heterocycles. The van der Waals surface area contributed by atoms with Gasteiger partial charge in [-0.3, -0.25) is 0 Å². The number of carbonyl (C=O) groups excluding carboxylic acids is 1. The van der Waals surface area contributed by atoms with Crippen molar-refractivity contribution in [2.75, 3.05) is 26.2 Å². The quantitative estimate of drug-likeness (QED) is 0.747. The minimum absolute atomic E-state index is 0.181. The first-order valence-corrected chi connectivity index (χ1v) is 6.75. The molecular formula is C13H26N2O3. The van der Waals surface area contributed by atoms with Crippen molar-refractivity contribution < 1.29 is 14.6 Å². The van der Waals surface area contributed by atoms with Crippen LogP contribution in [0.15, 0.2) is 0 Å². The highest BCUT2D eigenvalue weighted by Crippen LogP contribution is 2.16. The fraction of sp³-hybridized carbons (Fsp3) is 0.923. The standard InChI is InChI=1S/C13H26N2O3/c1-13(2,3)18-12(17)15-8-7-14-10-11(15)6-4-5-9-16/h11,14,16H,4-10H2,1-3H3. The van der Waals surface area contributed by atoms with Gasteiger partial charge < -0.3 is 20.1 Å². The van der Waals surface area contributed by atoms with E-state index in [-0.39, 0.29) is 18.7 Å². The molecule has 0 aromatic heterocycles.